The molecule has 5 aliphatic rings. The molecule has 5 nitrogen and oxygen atoms in total. The fraction of sp³-hybridized carbons (Fsp3) is 0.556. The number of pyridine rings is 1. The van der Waals surface area contributed by atoms with E-state index in [2.05, 4.69) is 54.4 Å². The van der Waals surface area contributed by atoms with Gasteiger partial charge in [0.1, 0.15) is 0 Å². The van der Waals surface area contributed by atoms with Crippen LogP contribution in [0.1, 0.15) is 51.9 Å². The molecule has 1 unspecified atom stereocenters. The third-order valence-corrected chi connectivity index (χ3v) is 9.14. The van der Waals surface area contributed by atoms with Crippen LogP contribution in [-0.4, -0.2) is 47.1 Å². The molecule has 0 aromatic carbocycles. The van der Waals surface area contributed by atoms with Gasteiger partial charge in [0.25, 0.3) is 5.91 Å². The Labute approximate surface area is 190 Å². The molecule has 3 heterocycles. The number of aromatic nitrogens is 1. The molecule has 2 fully saturated rings. The molecule has 1 saturated heterocycles. The zero-order chi connectivity index (χ0) is 22.1. The molecule has 2 aliphatic heterocycles. The molecule has 5 atom stereocenters. The Morgan fingerprint density at radius 2 is 2.16 bits per heavy atom. The molecule has 2 bridgehead atoms. The number of amides is 1. The van der Waals surface area contributed by atoms with Gasteiger partial charge in [-0.1, -0.05) is 25.2 Å². The van der Waals surface area contributed by atoms with Crippen LogP contribution in [-0.2, 0) is 9.53 Å². The molecule has 2 spiro atoms. The van der Waals surface area contributed by atoms with E-state index >= 15 is 0 Å². The molecular weight excluding hydrogens is 398 g/mol. The molecule has 6 rings (SSSR count). The third kappa shape index (κ3) is 2.70. The monoisotopic (exact) mass is 431 g/mol. The highest BCUT2D eigenvalue weighted by atomic mass is 16.5. The Hall–Kier alpha value is -2.24. The number of ether oxygens (including phenoxy) is 1. The minimum atomic E-state index is -0.252. The Morgan fingerprint density at radius 1 is 1.28 bits per heavy atom. The SMILES string of the molecule is CN(C)[C@@H]1CCC2=CC3=CC[C@]4(C)C(C(=O)Nc5cccnc5)=CC[C@H]4[C@@]34CCC2(C1)O4. The van der Waals surface area contributed by atoms with Crippen molar-refractivity contribution < 1.29 is 9.53 Å². The van der Waals surface area contributed by atoms with Crippen LogP contribution in [0.4, 0.5) is 5.69 Å². The average Bonchev–Trinajstić information content (AvgIpc) is 3.29. The van der Waals surface area contributed by atoms with Crippen LogP contribution in [0.15, 0.2) is 59.5 Å². The van der Waals surface area contributed by atoms with Crippen molar-refractivity contribution in [2.45, 2.75) is 69.1 Å². The first-order valence-electron chi connectivity index (χ1n) is 12.1. The lowest BCUT2D eigenvalue weighted by Gasteiger charge is -2.54. The Morgan fingerprint density at radius 3 is 2.94 bits per heavy atom. The highest BCUT2D eigenvalue weighted by Crippen LogP contribution is 2.66. The van der Waals surface area contributed by atoms with Gasteiger partial charge in [-0.15, -0.1) is 0 Å². The number of allylic oxidation sites excluding steroid dienone is 2. The summed E-state index contributed by atoms with van der Waals surface area (Å²) in [4.78, 5) is 19.8. The van der Waals surface area contributed by atoms with Crippen molar-refractivity contribution >= 4 is 11.6 Å². The van der Waals surface area contributed by atoms with E-state index in [9.17, 15) is 4.79 Å². The maximum atomic E-state index is 13.3. The smallest absolute Gasteiger partial charge is 0.251 e. The maximum Gasteiger partial charge on any atom is 0.251 e. The predicted molar refractivity (Wildman–Crippen MR) is 125 cm³/mol. The Balaban J connectivity index is 1.32. The summed E-state index contributed by atoms with van der Waals surface area (Å²) < 4.78 is 7.25. The normalized spacial score (nSPS) is 39.4. The van der Waals surface area contributed by atoms with E-state index in [1.807, 2.05) is 12.1 Å². The topological polar surface area (TPSA) is 54.5 Å². The molecule has 32 heavy (non-hydrogen) atoms. The van der Waals surface area contributed by atoms with Crippen molar-refractivity contribution in [3.05, 3.63) is 59.5 Å². The molecule has 168 valence electrons. The summed E-state index contributed by atoms with van der Waals surface area (Å²) in [5.41, 5.74) is 3.98. The van der Waals surface area contributed by atoms with Crippen molar-refractivity contribution in [3.8, 4) is 0 Å². The zero-order valence-corrected chi connectivity index (χ0v) is 19.4. The summed E-state index contributed by atoms with van der Waals surface area (Å²) in [5.74, 6) is 0.308. The number of anilines is 1. The van der Waals surface area contributed by atoms with Gasteiger partial charge in [-0.25, -0.2) is 0 Å². The van der Waals surface area contributed by atoms with E-state index < -0.39 is 0 Å². The summed E-state index contributed by atoms with van der Waals surface area (Å²) in [7, 11) is 4.39. The number of hydrogen-bond acceptors (Lipinski definition) is 4. The lowest BCUT2D eigenvalue weighted by atomic mass is 9.59. The van der Waals surface area contributed by atoms with Gasteiger partial charge in [0, 0.05) is 29.1 Å². The molecule has 5 heteroatoms. The highest BCUT2D eigenvalue weighted by Gasteiger charge is 2.65. The third-order valence-electron chi connectivity index (χ3n) is 9.14. The van der Waals surface area contributed by atoms with E-state index in [4.69, 9.17) is 4.74 Å². The van der Waals surface area contributed by atoms with E-state index in [1.165, 1.54) is 17.6 Å². The fourth-order valence-corrected chi connectivity index (χ4v) is 7.39. The van der Waals surface area contributed by atoms with E-state index in [1.54, 1.807) is 12.4 Å². The van der Waals surface area contributed by atoms with E-state index in [0.29, 0.717) is 12.0 Å². The number of hydrogen-bond donors (Lipinski definition) is 1. The van der Waals surface area contributed by atoms with Gasteiger partial charge < -0.3 is 15.0 Å². The van der Waals surface area contributed by atoms with E-state index in [-0.39, 0.29) is 22.5 Å². The van der Waals surface area contributed by atoms with Crippen LogP contribution in [0.5, 0.6) is 0 Å². The van der Waals surface area contributed by atoms with Gasteiger partial charge in [0.05, 0.1) is 23.1 Å². The standard InChI is InChI=1S/C27H33N3O2/c1-25-11-10-19-15-18-6-7-21(30(2)3)16-26(18)12-13-27(19,32-26)23(25)9-8-22(25)24(31)29-20-5-4-14-28-17-20/h4-5,8,10,14-15,17,21,23H,6-7,9,11-13,16H2,1-3H3,(H,29,31)/t21-,23-,25-,26?,27-/m1/s1. The number of rotatable bonds is 3. The van der Waals surface area contributed by atoms with Crippen LogP contribution in [0.2, 0.25) is 0 Å². The largest absolute Gasteiger partial charge is 0.359 e. The fourth-order valence-electron chi connectivity index (χ4n) is 7.39. The molecule has 0 radical (unpaired) electrons. The van der Waals surface area contributed by atoms with Crippen molar-refractivity contribution in [2.75, 3.05) is 19.4 Å². The summed E-state index contributed by atoms with van der Waals surface area (Å²) in [5, 5.41) is 3.07. The van der Waals surface area contributed by atoms with Gasteiger partial charge in [-0.3, -0.25) is 9.78 Å². The Bertz CT molecular complexity index is 1060. The van der Waals surface area contributed by atoms with Crippen LogP contribution in [0.25, 0.3) is 0 Å². The van der Waals surface area contributed by atoms with E-state index in [0.717, 1.165) is 49.8 Å². The summed E-state index contributed by atoms with van der Waals surface area (Å²) in [6.45, 7) is 2.28. The quantitative estimate of drug-likeness (QED) is 0.757. The molecule has 1 amide bonds. The van der Waals surface area contributed by atoms with Gasteiger partial charge in [0.15, 0.2) is 0 Å². The molecular formula is C27H33N3O2. The molecule has 1 aromatic rings. The number of carbonyl (C=O) groups is 1. The van der Waals surface area contributed by atoms with Gasteiger partial charge in [-0.05, 0) is 82.3 Å². The first-order valence-corrected chi connectivity index (χ1v) is 12.1. The number of nitrogens with zero attached hydrogens (tertiary/aromatic N) is 2. The summed E-state index contributed by atoms with van der Waals surface area (Å²) in [6, 6.07) is 4.31. The second kappa shape index (κ2) is 6.88. The van der Waals surface area contributed by atoms with Crippen molar-refractivity contribution in [1.29, 1.82) is 0 Å². The number of nitrogens with one attached hydrogen (secondary N) is 1. The number of fused-ring (bicyclic) bond motifs is 1. The summed E-state index contributed by atoms with van der Waals surface area (Å²) >= 11 is 0. The highest BCUT2D eigenvalue weighted by molar-refractivity contribution is 6.05. The van der Waals surface area contributed by atoms with Crippen molar-refractivity contribution in [3.63, 3.8) is 0 Å². The predicted octanol–water partition coefficient (Wildman–Crippen LogP) is 4.64. The molecule has 1 saturated carbocycles. The average molecular weight is 432 g/mol. The van der Waals surface area contributed by atoms with Crippen LogP contribution in [0.3, 0.4) is 0 Å². The summed E-state index contributed by atoms with van der Waals surface area (Å²) in [6.07, 6.45) is 17.9. The van der Waals surface area contributed by atoms with Crippen LogP contribution < -0.4 is 5.32 Å². The van der Waals surface area contributed by atoms with Crippen molar-refractivity contribution in [2.24, 2.45) is 11.3 Å². The first-order chi connectivity index (χ1) is 15.4. The van der Waals surface area contributed by atoms with Gasteiger partial charge in [0.2, 0.25) is 0 Å². The Kier molecular flexibility index (Phi) is 4.38. The van der Waals surface area contributed by atoms with Gasteiger partial charge in [-0.2, -0.15) is 0 Å². The van der Waals surface area contributed by atoms with Crippen LogP contribution in [0, 0.1) is 11.3 Å². The lowest BCUT2D eigenvalue weighted by Crippen LogP contribution is -2.55. The molecule has 1 aromatic heterocycles. The minimum Gasteiger partial charge on any atom is -0.359 e. The number of carbonyl (C=O) groups excluding carboxylic acids is 1. The zero-order valence-electron chi connectivity index (χ0n) is 19.4. The maximum absolute atomic E-state index is 13.3. The second-order valence-corrected chi connectivity index (χ2v) is 10.9. The lowest BCUT2D eigenvalue weighted by molar-refractivity contribution is -0.137. The molecule has 3 aliphatic carbocycles. The minimum absolute atomic E-state index is 0.00124. The first kappa shape index (κ1) is 20.4. The van der Waals surface area contributed by atoms with Crippen LogP contribution >= 0.6 is 0 Å². The van der Waals surface area contributed by atoms with Crippen molar-refractivity contribution in [1.82, 2.24) is 9.88 Å². The van der Waals surface area contributed by atoms with Gasteiger partial charge >= 0.3 is 0 Å². The second-order valence-electron chi connectivity index (χ2n) is 10.9. The molecule has 1 N–H and O–H groups in total.